The molecule has 0 aliphatic rings. The molecule has 0 aromatic heterocycles. The molecule has 6 heteroatoms. The van der Waals surface area contributed by atoms with Crippen molar-refractivity contribution < 1.29 is 8.78 Å². The van der Waals surface area contributed by atoms with Gasteiger partial charge in [0.2, 0.25) is 0 Å². The van der Waals surface area contributed by atoms with Crippen LogP contribution in [0.15, 0.2) is 36.4 Å². The van der Waals surface area contributed by atoms with Gasteiger partial charge in [0.05, 0.1) is 11.1 Å². The van der Waals surface area contributed by atoms with E-state index in [1.807, 2.05) is 0 Å². The van der Waals surface area contributed by atoms with Crippen molar-refractivity contribution in [3.8, 4) is 0 Å². The summed E-state index contributed by atoms with van der Waals surface area (Å²) in [6.45, 7) is 0. The van der Waals surface area contributed by atoms with Crippen LogP contribution in [0.3, 0.4) is 0 Å². The molecule has 0 aliphatic heterocycles. The Morgan fingerprint density at radius 2 is 1.80 bits per heavy atom. The SMILES string of the molecule is NNC(Cc1ccc(F)c(Cl)c1)c1c(F)cccc1Cl. The first-order valence-corrected chi connectivity index (χ1v) is 6.62. The standard InChI is InChI=1S/C14H12Cl2F2N2/c15-9-2-1-3-12(18)14(9)13(20-19)7-8-4-5-11(17)10(16)6-8/h1-6,13,20H,7,19H2. The topological polar surface area (TPSA) is 38.0 Å². The van der Waals surface area contributed by atoms with E-state index in [9.17, 15) is 8.78 Å². The third-order valence-corrected chi connectivity index (χ3v) is 3.59. The zero-order valence-corrected chi connectivity index (χ0v) is 11.8. The minimum absolute atomic E-state index is 0.0119. The van der Waals surface area contributed by atoms with E-state index in [4.69, 9.17) is 29.0 Å². The van der Waals surface area contributed by atoms with Gasteiger partial charge in [0.1, 0.15) is 11.6 Å². The fourth-order valence-corrected chi connectivity index (χ4v) is 2.49. The highest BCUT2D eigenvalue weighted by molar-refractivity contribution is 6.31. The van der Waals surface area contributed by atoms with Crippen molar-refractivity contribution in [2.24, 2.45) is 5.84 Å². The van der Waals surface area contributed by atoms with Crippen LogP contribution >= 0.6 is 23.2 Å². The molecule has 0 radical (unpaired) electrons. The summed E-state index contributed by atoms with van der Waals surface area (Å²) >= 11 is 11.7. The zero-order chi connectivity index (χ0) is 14.7. The van der Waals surface area contributed by atoms with Gasteiger partial charge in [-0.3, -0.25) is 11.3 Å². The van der Waals surface area contributed by atoms with Crippen molar-refractivity contribution >= 4 is 23.2 Å². The van der Waals surface area contributed by atoms with Gasteiger partial charge in [-0.15, -0.1) is 0 Å². The van der Waals surface area contributed by atoms with Crippen molar-refractivity contribution in [3.63, 3.8) is 0 Å². The number of nitrogens with one attached hydrogen (secondary N) is 1. The molecule has 2 nitrogen and oxygen atoms in total. The van der Waals surface area contributed by atoms with Gasteiger partial charge in [-0.05, 0) is 36.2 Å². The number of hydrogen-bond acceptors (Lipinski definition) is 2. The van der Waals surface area contributed by atoms with Gasteiger partial charge in [-0.25, -0.2) is 8.78 Å². The smallest absolute Gasteiger partial charge is 0.141 e. The molecule has 0 saturated carbocycles. The Morgan fingerprint density at radius 3 is 2.40 bits per heavy atom. The first-order valence-electron chi connectivity index (χ1n) is 5.87. The Hall–Kier alpha value is -1.20. The number of nitrogens with two attached hydrogens (primary N) is 1. The number of hydrazine groups is 1. The second-order valence-corrected chi connectivity index (χ2v) is 5.12. The first-order chi connectivity index (χ1) is 9.52. The second-order valence-electron chi connectivity index (χ2n) is 4.31. The lowest BCUT2D eigenvalue weighted by molar-refractivity contribution is 0.510. The first kappa shape index (κ1) is 15.2. The Kier molecular flexibility index (Phi) is 4.94. The molecule has 2 aromatic carbocycles. The van der Waals surface area contributed by atoms with Gasteiger partial charge in [-0.2, -0.15) is 0 Å². The third-order valence-electron chi connectivity index (χ3n) is 2.97. The fourth-order valence-electron chi connectivity index (χ4n) is 1.99. The summed E-state index contributed by atoms with van der Waals surface area (Å²) in [5.41, 5.74) is 3.52. The maximum absolute atomic E-state index is 13.9. The van der Waals surface area contributed by atoms with Crippen LogP contribution in [-0.2, 0) is 6.42 Å². The predicted molar refractivity (Wildman–Crippen MR) is 76.6 cm³/mol. The van der Waals surface area contributed by atoms with Crippen LogP contribution in [-0.4, -0.2) is 0 Å². The van der Waals surface area contributed by atoms with Crippen molar-refractivity contribution in [1.29, 1.82) is 0 Å². The fraction of sp³-hybridized carbons (Fsp3) is 0.143. The molecule has 0 spiro atoms. The van der Waals surface area contributed by atoms with Crippen molar-refractivity contribution in [1.82, 2.24) is 5.43 Å². The van der Waals surface area contributed by atoms with Crippen molar-refractivity contribution in [2.45, 2.75) is 12.5 Å². The van der Waals surface area contributed by atoms with Gasteiger partial charge in [0, 0.05) is 10.6 Å². The minimum Gasteiger partial charge on any atom is -0.271 e. The van der Waals surface area contributed by atoms with Crippen molar-refractivity contribution in [3.05, 3.63) is 69.2 Å². The Morgan fingerprint density at radius 1 is 1.05 bits per heavy atom. The molecule has 20 heavy (non-hydrogen) atoms. The molecular formula is C14H12Cl2F2N2. The average Bonchev–Trinajstić information content (AvgIpc) is 2.41. The molecule has 0 aliphatic carbocycles. The van der Waals surface area contributed by atoms with E-state index in [1.54, 1.807) is 12.1 Å². The van der Waals surface area contributed by atoms with Gasteiger partial charge in [0.25, 0.3) is 0 Å². The lowest BCUT2D eigenvalue weighted by atomic mass is 9.99. The van der Waals surface area contributed by atoms with Crippen LogP contribution in [0, 0.1) is 11.6 Å². The lowest BCUT2D eigenvalue weighted by Gasteiger charge is -2.18. The van der Waals surface area contributed by atoms with E-state index in [0.717, 1.165) is 5.56 Å². The molecule has 0 bridgehead atoms. The highest BCUT2D eigenvalue weighted by Crippen LogP contribution is 2.28. The van der Waals surface area contributed by atoms with Crippen LogP contribution in [0.1, 0.15) is 17.2 Å². The minimum atomic E-state index is -0.537. The summed E-state index contributed by atoms with van der Waals surface area (Å²) in [7, 11) is 0. The number of rotatable bonds is 4. The van der Waals surface area contributed by atoms with E-state index >= 15 is 0 Å². The number of halogens is 4. The van der Waals surface area contributed by atoms with Crippen LogP contribution in [0.4, 0.5) is 8.78 Å². The van der Waals surface area contributed by atoms with E-state index in [1.165, 1.54) is 24.3 Å². The summed E-state index contributed by atoms with van der Waals surface area (Å²) < 4.78 is 27.0. The summed E-state index contributed by atoms with van der Waals surface area (Å²) in [5.74, 6) is 4.52. The molecule has 1 atom stereocenters. The van der Waals surface area contributed by atoms with Gasteiger partial charge < -0.3 is 0 Å². The predicted octanol–water partition coefficient (Wildman–Crippen LogP) is 4.02. The van der Waals surface area contributed by atoms with Crippen LogP contribution in [0.25, 0.3) is 0 Å². The number of benzene rings is 2. The molecule has 0 fully saturated rings. The van der Waals surface area contributed by atoms with E-state index in [0.29, 0.717) is 6.42 Å². The van der Waals surface area contributed by atoms with E-state index in [-0.39, 0.29) is 15.6 Å². The average molecular weight is 317 g/mol. The molecule has 106 valence electrons. The Balaban J connectivity index is 2.31. The highest BCUT2D eigenvalue weighted by Gasteiger charge is 2.18. The van der Waals surface area contributed by atoms with Crippen LogP contribution in [0.2, 0.25) is 10.0 Å². The van der Waals surface area contributed by atoms with Gasteiger partial charge >= 0.3 is 0 Å². The Labute approximate surface area is 125 Å². The lowest BCUT2D eigenvalue weighted by Crippen LogP contribution is -2.30. The third kappa shape index (κ3) is 3.27. The van der Waals surface area contributed by atoms with Crippen molar-refractivity contribution in [2.75, 3.05) is 0 Å². The van der Waals surface area contributed by atoms with Crippen LogP contribution in [0.5, 0.6) is 0 Å². The summed E-state index contributed by atoms with van der Waals surface area (Å²) in [4.78, 5) is 0. The monoisotopic (exact) mass is 316 g/mol. The molecule has 2 rings (SSSR count). The van der Waals surface area contributed by atoms with Gasteiger partial charge in [-0.1, -0.05) is 35.3 Å². The Bertz CT molecular complexity index is 600. The largest absolute Gasteiger partial charge is 0.271 e. The zero-order valence-electron chi connectivity index (χ0n) is 10.3. The van der Waals surface area contributed by atoms with Crippen LogP contribution < -0.4 is 11.3 Å². The summed E-state index contributed by atoms with van der Waals surface area (Å²) in [5, 5.41) is 0.291. The second kappa shape index (κ2) is 6.50. The molecule has 0 heterocycles. The molecule has 0 saturated heterocycles. The summed E-state index contributed by atoms with van der Waals surface area (Å²) in [6.07, 6.45) is 0.331. The number of hydrogen-bond donors (Lipinski definition) is 2. The van der Waals surface area contributed by atoms with Gasteiger partial charge in [0.15, 0.2) is 0 Å². The quantitative estimate of drug-likeness (QED) is 0.660. The van der Waals surface area contributed by atoms with E-state index in [2.05, 4.69) is 5.43 Å². The molecular weight excluding hydrogens is 305 g/mol. The molecule has 3 N–H and O–H groups in total. The maximum atomic E-state index is 13.9. The highest BCUT2D eigenvalue weighted by atomic mass is 35.5. The normalized spacial score (nSPS) is 12.4. The van der Waals surface area contributed by atoms with E-state index < -0.39 is 17.7 Å². The molecule has 0 amide bonds. The molecule has 2 aromatic rings. The summed E-state index contributed by atoms with van der Waals surface area (Å²) in [6, 6.07) is 8.18. The molecule has 1 unspecified atom stereocenters. The maximum Gasteiger partial charge on any atom is 0.141 e.